The Bertz CT molecular complexity index is 1600. The van der Waals surface area contributed by atoms with Gasteiger partial charge in [-0.3, -0.25) is 14.7 Å². The van der Waals surface area contributed by atoms with Crippen LogP contribution in [0.2, 0.25) is 10.0 Å². The van der Waals surface area contributed by atoms with Crippen molar-refractivity contribution in [2.75, 3.05) is 19.7 Å². The minimum absolute atomic E-state index is 0.0588. The molecule has 2 amide bonds. The Morgan fingerprint density at radius 3 is 2.43 bits per heavy atom. The highest BCUT2D eigenvalue weighted by Crippen LogP contribution is 2.47. The van der Waals surface area contributed by atoms with Crippen molar-refractivity contribution in [2.45, 2.75) is 18.9 Å². The van der Waals surface area contributed by atoms with E-state index >= 15 is 0 Å². The van der Waals surface area contributed by atoms with E-state index in [1.165, 1.54) is 0 Å². The van der Waals surface area contributed by atoms with Crippen LogP contribution < -0.4 is 0 Å². The lowest BCUT2D eigenvalue weighted by Crippen LogP contribution is -2.54. The number of halogens is 3. The van der Waals surface area contributed by atoms with Gasteiger partial charge in [0, 0.05) is 51.4 Å². The molecule has 7 nitrogen and oxygen atoms in total. The first kappa shape index (κ1) is 28.7. The molecule has 214 valence electrons. The van der Waals surface area contributed by atoms with Crippen molar-refractivity contribution in [3.63, 3.8) is 0 Å². The topological polar surface area (TPSA) is 72.0 Å². The Labute approximate surface area is 262 Å². The maximum Gasteiger partial charge on any atom is 0.410 e. The molecule has 0 aliphatic carbocycles. The Morgan fingerprint density at radius 2 is 1.71 bits per heavy atom. The van der Waals surface area contributed by atoms with Gasteiger partial charge < -0.3 is 14.4 Å². The highest BCUT2D eigenvalue weighted by molar-refractivity contribution is 9.10. The van der Waals surface area contributed by atoms with Gasteiger partial charge in [-0.25, -0.2) is 4.79 Å². The third kappa shape index (κ3) is 5.64. The van der Waals surface area contributed by atoms with Crippen LogP contribution >= 0.6 is 39.1 Å². The van der Waals surface area contributed by atoms with Crippen LogP contribution in [0.3, 0.4) is 0 Å². The normalized spacial score (nSPS) is 18.1. The molecule has 0 saturated carbocycles. The number of carbonyl (C=O) groups is 2. The molecule has 0 radical (unpaired) electrons. The van der Waals surface area contributed by atoms with Gasteiger partial charge in [0.1, 0.15) is 6.61 Å². The number of likely N-dealkylation sites (tertiary alicyclic amines) is 1. The van der Waals surface area contributed by atoms with Gasteiger partial charge in [0.05, 0.1) is 23.9 Å². The minimum atomic E-state index is -1.24. The molecule has 2 aliphatic rings. The molecule has 2 aliphatic heterocycles. The van der Waals surface area contributed by atoms with Crippen molar-refractivity contribution < 1.29 is 19.1 Å². The minimum Gasteiger partial charge on any atom is -0.445 e. The number of rotatable bonds is 8. The molecule has 1 fully saturated rings. The zero-order chi connectivity index (χ0) is 29.3. The maximum absolute atomic E-state index is 14.0. The molecule has 1 aromatic heterocycles. The van der Waals surface area contributed by atoms with Gasteiger partial charge in [0.25, 0.3) is 5.91 Å². The largest absolute Gasteiger partial charge is 0.445 e. The molecule has 0 spiro atoms. The van der Waals surface area contributed by atoms with Crippen molar-refractivity contribution in [3.05, 3.63) is 134 Å². The molecule has 1 atom stereocenters. The lowest BCUT2D eigenvalue weighted by Gasteiger charge is -2.43. The second-order valence-corrected chi connectivity index (χ2v) is 12.1. The second kappa shape index (κ2) is 12.1. The van der Waals surface area contributed by atoms with Crippen molar-refractivity contribution in [1.29, 1.82) is 0 Å². The molecule has 42 heavy (non-hydrogen) atoms. The van der Waals surface area contributed by atoms with Crippen LogP contribution in [0.15, 0.2) is 95.6 Å². The molecular formula is C32H26BrCl2N3O4. The Hall–Kier alpha value is -3.43. The van der Waals surface area contributed by atoms with E-state index in [0.29, 0.717) is 41.0 Å². The Balaban J connectivity index is 1.26. The summed E-state index contributed by atoms with van der Waals surface area (Å²) in [7, 11) is 0. The highest BCUT2D eigenvalue weighted by atomic mass is 79.9. The quantitative estimate of drug-likeness (QED) is 0.198. The van der Waals surface area contributed by atoms with Crippen LogP contribution in [-0.4, -0.2) is 46.5 Å². The number of fused-ring (bicyclic) bond motifs is 1. The summed E-state index contributed by atoms with van der Waals surface area (Å²) in [5, 5.41) is 1.08. The van der Waals surface area contributed by atoms with E-state index in [1.807, 2.05) is 60.7 Å². The average molecular weight is 667 g/mol. The van der Waals surface area contributed by atoms with Gasteiger partial charge in [0.15, 0.2) is 5.72 Å². The van der Waals surface area contributed by atoms with E-state index in [4.69, 9.17) is 32.7 Å². The van der Waals surface area contributed by atoms with E-state index in [1.54, 1.807) is 40.3 Å². The van der Waals surface area contributed by atoms with E-state index in [9.17, 15) is 9.59 Å². The molecule has 1 unspecified atom stereocenters. The van der Waals surface area contributed by atoms with Gasteiger partial charge in [-0.2, -0.15) is 0 Å². The summed E-state index contributed by atoms with van der Waals surface area (Å²) in [6.07, 6.45) is 1.20. The number of ether oxygens (including phenoxy) is 2. The van der Waals surface area contributed by atoms with Crippen LogP contribution in [0, 0.1) is 5.92 Å². The van der Waals surface area contributed by atoms with E-state index in [0.717, 1.165) is 21.2 Å². The third-order valence-electron chi connectivity index (χ3n) is 7.50. The number of hydrogen-bond acceptors (Lipinski definition) is 5. The summed E-state index contributed by atoms with van der Waals surface area (Å²) >= 11 is 15.9. The van der Waals surface area contributed by atoms with E-state index < -0.39 is 5.72 Å². The number of hydrogen-bond donors (Lipinski definition) is 0. The number of nitrogens with zero attached hydrogens (tertiary/aromatic N) is 3. The predicted octanol–water partition coefficient (Wildman–Crippen LogP) is 7.29. The fraction of sp³-hybridized carbons (Fsp3) is 0.219. The summed E-state index contributed by atoms with van der Waals surface area (Å²) in [4.78, 5) is 34.4. The molecule has 3 aromatic carbocycles. The smallest absolute Gasteiger partial charge is 0.410 e. The standard InChI is InChI=1S/C32H26BrCl2N3O4/c33-24-8-13-29-28(14-24)30(39)38(18-27-12-11-26(35)15-36-27)32(29,23-6-9-25(34)10-7-23)42-20-22-16-37(17-22)31(40)41-19-21-4-2-1-3-5-21/h1-15,22H,16-20H2. The van der Waals surface area contributed by atoms with Crippen molar-refractivity contribution in [1.82, 2.24) is 14.8 Å². The van der Waals surface area contributed by atoms with Gasteiger partial charge in [-0.05, 0) is 42.0 Å². The van der Waals surface area contributed by atoms with Crippen LogP contribution in [0.25, 0.3) is 0 Å². The molecule has 6 rings (SSSR count). The number of benzene rings is 3. The summed E-state index contributed by atoms with van der Waals surface area (Å²) in [6, 6.07) is 26.1. The number of amides is 2. The summed E-state index contributed by atoms with van der Waals surface area (Å²) in [5.74, 6) is -0.124. The van der Waals surface area contributed by atoms with Crippen LogP contribution in [0.4, 0.5) is 4.79 Å². The first-order chi connectivity index (χ1) is 20.3. The molecule has 10 heteroatoms. The maximum atomic E-state index is 14.0. The number of aromatic nitrogens is 1. The van der Waals surface area contributed by atoms with Crippen molar-refractivity contribution >= 4 is 51.1 Å². The summed E-state index contributed by atoms with van der Waals surface area (Å²) in [5.41, 5.74) is 2.38. The Morgan fingerprint density at radius 1 is 0.976 bits per heavy atom. The molecule has 1 saturated heterocycles. The monoisotopic (exact) mass is 665 g/mol. The lowest BCUT2D eigenvalue weighted by molar-refractivity contribution is -0.133. The average Bonchev–Trinajstić information content (AvgIpc) is 3.20. The van der Waals surface area contributed by atoms with Crippen LogP contribution in [-0.2, 0) is 28.4 Å². The van der Waals surface area contributed by atoms with Crippen molar-refractivity contribution in [2.24, 2.45) is 5.92 Å². The Kier molecular flexibility index (Phi) is 8.23. The molecule has 0 N–H and O–H groups in total. The summed E-state index contributed by atoms with van der Waals surface area (Å²) in [6.45, 7) is 1.69. The zero-order valence-electron chi connectivity index (χ0n) is 22.4. The first-order valence-corrected chi connectivity index (χ1v) is 15.0. The summed E-state index contributed by atoms with van der Waals surface area (Å²) < 4.78 is 13.1. The molecule has 3 heterocycles. The van der Waals surface area contributed by atoms with E-state index in [-0.39, 0.29) is 31.1 Å². The zero-order valence-corrected chi connectivity index (χ0v) is 25.5. The van der Waals surface area contributed by atoms with Crippen molar-refractivity contribution in [3.8, 4) is 0 Å². The first-order valence-electron chi connectivity index (χ1n) is 13.4. The predicted molar refractivity (Wildman–Crippen MR) is 163 cm³/mol. The van der Waals surface area contributed by atoms with Gasteiger partial charge in [-0.15, -0.1) is 0 Å². The highest BCUT2D eigenvalue weighted by Gasteiger charge is 2.53. The third-order valence-corrected chi connectivity index (χ3v) is 8.46. The molecular weight excluding hydrogens is 641 g/mol. The van der Waals surface area contributed by atoms with Gasteiger partial charge in [-0.1, -0.05) is 87.7 Å². The van der Waals surface area contributed by atoms with E-state index in [2.05, 4.69) is 20.9 Å². The van der Waals surface area contributed by atoms with Crippen LogP contribution in [0.1, 0.15) is 32.7 Å². The molecule has 0 bridgehead atoms. The molecule has 4 aromatic rings. The van der Waals surface area contributed by atoms with Crippen LogP contribution in [0.5, 0.6) is 0 Å². The lowest BCUT2D eigenvalue weighted by atomic mass is 9.92. The number of pyridine rings is 1. The number of carbonyl (C=O) groups excluding carboxylic acids is 2. The fourth-order valence-electron chi connectivity index (χ4n) is 5.37. The van der Waals surface area contributed by atoms with Gasteiger partial charge >= 0.3 is 6.09 Å². The van der Waals surface area contributed by atoms with Gasteiger partial charge in [0.2, 0.25) is 0 Å². The SMILES string of the molecule is O=C(OCc1ccccc1)N1CC(COC2(c3ccc(Cl)cc3)c3ccc(Br)cc3C(=O)N2Cc2ccc(Cl)cn2)C1. The fourth-order valence-corrected chi connectivity index (χ4v) is 5.97. The second-order valence-electron chi connectivity index (χ2n) is 10.3.